The maximum atomic E-state index is 12.5. The van der Waals surface area contributed by atoms with Crippen LogP contribution in [0.3, 0.4) is 0 Å². The second-order valence-corrected chi connectivity index (χ2v) is 5.58. The average Bonchev–Trinajstić information content (AvgIpc) is 2.59. The summed E-state index contributed by atoms with van der Waals surface area (Å²) >= 11 is 0. The van der Waals surface area contributed by atoms with Crippen LogP contribution < -0.4 is 5.32 Å². The van der Waals surface area contributed by atoms with Gasteiger partial charge in [0.15, 0.2) is 0 Å². The van der Waals surface area contributed by atoms with Crippen molar-refractivity contribution < 1.29 is 9.53 Å². The summed E-state index contributed by atoms with van der Waals surface area (Å²) in [6, 6.07) is 19.7. The highest BCUT2D eigenvalue weighted by atomic mass is 16.5. The minimum absolute atomic E-state index is 0.0193. The van der Waals surface area contributed by atoms with Gasteiger partial charge >= 0.3 is 0 Å². The number of amides is 1. The highest BCUT2D eigenvalue weighted by molar-refractivity contribution is 5.81. The predicted molar refractivity (Wildman–Crippen MR) is 91.9 cm³/mol. The van der Waals surface area contributed by atoms with E-state index in [1.54, 1.807) is 7.11 Å². The lowest BCUT2D eigenvalue weighted by atomic mass is 10.1. The van der Waals surface area contributed by atoms with E-state index >= 15 is 0 Å². The molecule has 0 spiro atoms. The summed E-state index contributed by atoms with van der Waals surface area (Å²) in [5, 5.41) is 2.99. The molecule has 1 N–H and O–H groups in total. The number of nitrogens with one attached hydrogen (secondary N) is 1. The minimum atomic E-state index is -0.316. The number of hydrogen-bond acceptors (Lipinski definition) is 3. The second-order valence-electron chi connectivity index (χ2n) is 5.58. The largest absolute Gasteiger partial charge is 0.383 e. The van der Waals surface area contributed by atoms with Gasteiger partial charge in [-0.15, -0.1) is 0 Å². The van der Waals surface area contributed by atoms with Crippen molar-refractivity contribution in [3.63, 3.8) is 0 Å². The van der Waals surface area contributed by atoms with E-state index in [-0.39, 0.29) is 11.9 Å². The summed E-state index contributed by atoms with van der Waals surface area (Å²) in [4.78, 5) is 14.5. The number of likely N-dealkylation sites (N-methyl/N-ethyl adjacent to an activating group) is 1. The summed E-state index contributed by atoms with van der Waals surface area (Å²) in [5.74, 6) is -0.0193. The molecule has 0 saturated carbocycles. The number of rotatable bonds is 8. The van der Waals surface area contributed by atoms with Crippen molar-refractivity contribution in [1.82, 2.24) is 10.2 Å². The molecular weight excluding hydrogens is 288 g/mol. The number of carbonyl (C=O) groups is 1. The molecule has 0 aliphatic rings. The maximum Gasteiger partial charge on any atom is 0.240 e. The Balaban J connectivity index is 1.94. The average molecular weight is 312 g/mol. The smallest absolute Gasteiger partial charge is 0.240 e. The first-order chi connectivity index (χ1) is 11.2. The van der Waals surface area contributed by atoms with Crippen molar-refractivity contribution in [2.75, 3.05) is 20.8 Å². The van der Waals surface area contributed by atoms with Gasteiger partial charge in [-0.1, -0.05) is 60.7 Å². The van der Waals surface area contributed by atoms with Crippen molar-refractivity contribution >= 4 is 5.91 Å². The standard InChI is InChI=1S/C19H24N2O2/c1-21(14-17-11-7-4-8-12-17)18(15-23-2)19(22)20-13-16-9-5-3-6-10-16/h3-12,18H,13-15H2,1-2H3,(H,20,22). The Hall–Kier alpha value is -2.17. The summed E-state index contributed by atoms with van der Waals surface area (Å²) < 4.78 is 5.23. The predicted octanol–water partition coefficient (Wildman–Crippen LogP) is 2.45. The van der Waals surface area contributed by atoms with Crippen LogP contribution in [-0.2, 0) is 22.6 Å². The Labute approximate surface area is 138 Å². The highest BCUT2D eigenvalue weighted by Crippen LogP contribution is 2.07. The number of ether oxygens (including phenoxy) is 1. The summed E-state index contributed by atoms with van der Waals surface area (Å²) in [7, 11) is 3.56. The molecule has 0 bridgehead atoms. The molecule has 1 atom stereocenters. The summed E-state index contributed by atoms with van der Waals surface area (Å²) in [6.07, 6.45) is 0. The molecule has 2 rings (SSSR count). The van der Waals surface area contributed by atoms with Crippen molar-refractivity contribution in [3.8, 4) is 0 Å². The van der Waals surface area contributed by atoms with E-state index in [9.17, 15) is 4.79 Å². The van der Waals surface area contributed by atoms with Gasteiger partial charge in [0.2, 0.25) is 5.91 Å². The molecule has 1 unspecified atom stereocenters. The van der Waals surface area contributed by atoms with E-state index in [0.717, 1.165) is 5.56 Å². The Morgan fingerprint density at radius 3 is 2.17 bits per heavy atom. The molecule has 2 aromatic rings. The van der Waals surface area contributed by atoms with Crippen LogP contribution in [0.5, 0.6) is 0 Å². The molecular formula is C19H24N2O2. The number of carbonyl (C=O) groups excluding carboxylic acids is 1. The molecule has 1 amide bonds. The Bertz CT molecular complexity index is 587. The van der Waals surface area contributed by atoms with E-state index in [2.05, 4.69) is 17.4 Å². The lowest BCUT2D eigenvalue weighted by molar-refractivity contribution is -0.128. The number of hydrogen-bond donors (Lipinski definition) is 1. The van der Waals surface area contributed by atoms with Crippen LogP contribution in [0.15, 0.2) is 60.7 Å². The summed E-state index contributed by atoms with van der Waals surface area (Å²) in [5.41, 5.74) is 2.26. The number of nitrogens with zero attached hydrogens (tertiary/aromatic N) is 1. The molecule has 0 aromatic heterocycles. The van der Waals surface area contributed by atoms with Gasteiger partial charge < -0.3 is 10.1 Å². The van der Waals surface area contributed by atoms with Crippen molar-refractivity contribution in [3.05, 3.63) is 71.8 Å². The van der Waals surface area contributed by atoms with Gasteiger partial charge in [0.1, 0.15) is 6.04 Å². The van der Waals surface area contributed by atoms with Crippen LogP contribution in [0.1, 0.15) is 11.1 Å². The van der Waals surface area contributed by atoms with Gasteiger partial charge in [0, 0.05) is 20.2 Å². The van der Waals surface area contributed by atoms with Gasteiger partial charge in [0.25, 0.3) is 0 Å². The third-order valence-electron chi connectivity index (χ3n) is 3.74. The maximum absolute atomic E-state index is 12.5. The third-order valence-corrected chi connectivity index (χ3v) is 3.74. The molecule has 2 aromatic carbocycles. The first-order valence-electron chi connectivity index (χ1n) is 7.75. The third kappa shape index (κ3) is 5.51. The number of benzene rings is 2. The highest BCUT2D eigenvalue weighted by Gasteiger charge is 2.23. The van der Waals surface area contributed by atoms with Crippen molar-refractivity contribution in [2.24, 2.45) is 0 Å². The minimum Gasteiger partial charge on any atom is -0.383 e. The van der Waals surface area contributed by atoms with Gasteiger partial charge in [-0.05, 0) is 18.2 Å². The zero-order valence-corrected chi connectivity index (χ0v) is 13.7. The van der Waals surface area contributed by atoms with Gasteiger partial charge in [-0.25, -0.2) is 0 Å². The van der Waals surface area contributed by atoms with Crippen LogP contribution in [0, 0.1) is 0 Å². The van der Waals surface area contributed by atoms with E-state index < -0.39 is 0 Å². The van der Waals surface area contributed by atoms with Gasteiger partial charge in [-0.2, -0.15) is 0 Å². The lowest BCUT2D eigenvalue weighted by Gasteiger charge is -2.26. The Morgan fingerprint density at radius 1 is 1.04 bits per heavy atom. The van der Waals surface area contributed by atoms with Crippen molar-refractivity contribution in [2.45, 2.75) is 19.1 Å². The fourth-order valence-electron chi connectivity index (χ4n) is 2.45. The Morgan fingerprint density at radius 2 is 1.61 bits per heavy atom. The number of methoxy groups -OCH3 is 1. The lowest BCUT2D eigenvalue weighted by Crippen LogP contribution is -2.47. The molecule has 0 saturated heterocycles. The molecule has 0 heterocycles. The zero-order chi connectivity index (χ0) is 16.5. The molecule has 0 aliphatic heterocycles. The fourth-order valence-corrected chi connectivity index (χ4v) is 2.45. The van der Waals surface area contributed by atoms with Crippen LogP contribution in [0.4, 0.5) is 0 Å². The zero-order valence-electron chi connectivity index (χ0n) is 13.7. The normalized spacial score (nSPS) is 12.1. The molecule has 0 radical (unpaired) electrons. The van der Waals surface area contributed by atoms with Crippen LogP contribution in [0.2, 0.25) is 0 Å². The van der Waals surface area contributed by atoms with E-state index in [1.807, 2.05) is 60.5 Å². The molecule has 0 fully saturated rings. The van der Waals surface area contributed by atoms with Crippen LogP contribution >= 0.6 is 0 Å². The quantitative estimate of drug-likeness (QED) is 0.814. The Kier molecular flexibility index (Phi) is 6.78. The van der Waals surface area contributed by atoms with E-state index in [0.29, 0.717) is 19.7 Å². The van der Waals surface area contributed by atoms with Crippen LogP contribution in [0.25, 0.3) is 0 Å². The van der Waals surface area contributed by atoms with Crippen LogP contribution in [-0.4, -0.2) is 37.6 Å². The molecule has 4 nitrogen and oxygen atoms in total. The van der Waals surface area contributed by atoms with E-state index in [1.165, 1.54) is 5.56 Å². The summed E-state index contributed by atoms with van der Waals surface area (Å²) in [6.45, 7) is 1.59. The molecule has 0 aliphatic carbocycles. The topological polar surface area (TPSA) is 41.6 Å². The van der Waals surface area contributed by atoms with Crippen molar-refractivity contribution in [1.29, 1.82) is 0 Å². The first-order valence-corrected chi connectivity index (χ1v) is 7.75. The fraction of sp³-hybridized carbons (Fsp3) is 0.316. The van der Waals surface area contributed by atoms with Gasteiger partial charge in [0.05, 0.1) is 6.61 Å². The molecule has 23 heavy (non-hydrogen) atoms. The second kappa shape index (κ2) is 9.08. The SMILES string of the molecule is COCC(C(=O)NCc1ccccc1)N(C)Cc1ccccc1. The monoisotopic (exact) mass is 312 g/mol. The van der Waals surface area contributed by atoms with E-state index in [4.69, 9.17) is 4.74 Å². The molecule has 122 valence electrons. The van der Waals surface area contributed by atoms with Gasteiger partial charge in [-0.3, -0.25) is 9.69 Å². The first kappa shape index (κ1) is 17.2. The molecule has 4 heteroatoms.